The van der Waals surface area contributed by atoms with Crippen LogP contribution in [0.3, 0.4) is 0 Å². The lowest BCUT2D eigenvalue weighted by Crippen LogP contribution is -2.24. The van der Waals surface area contributed by atoms with E-state index < -0.39 is 11.1 Å². The van der Waals surface area contributed by atoms with Crippen LogP contribution in [0.1, 0.15) is 19.4 Å². The molecular formula is C10H14O2S. The van der Waals surface area contributed by atoms with E-state index in [1.807, 2.05) is 44.2 Å². The highest BCUT2D eigenvalue weighted by Gasteiger charge is 2.22. The molecule has 0 bridgehead atoms. The molecule has 1 atom stereocenters. The average molecular weight is 198 g/mol. The molecule has 1 rings (SSSR count). The maximum absolute atomic E-state index is 10.7. The van der Waals surface area contributed by atoms with Crippen LogP contribution >= 0.6 is 0 Å². The third-order valence-electron chi connectivity index (χ3n) is 2.04. The molecular weight excluding hydrogens is 184 g/mol. The smallest absolute Gasteiger partial charge is 0.153 e. The highest BCUT2D eigenvalue weighted by Crippen LogP contribution is 2.23. The summed E-state index contributed by atoms with van der Waals surface area (Å²) in [5, 5.41) is 0. The van der Waals surface area contributed by atoms with Crippen molar-refractivity contribution in [3.63, 3.8) is 0 Å². The molecule has 3 heteroatoms. The van der Waals surface area contributed by atoms with Crippen molar-refractivity contribution in [3.8, 4) is 0 Å². The maximum Gasteiger partial charge on any atom is 0.153 e. The van der Waals surface area contributed by atoms with E-state index in [1.54, 1.807) is 0 Å². The summed E-state index contributed by atoms with van der Waals surface area (Å²) in [5.74, 6) is 0.275. The van der Waals surface area contributed by atoms with Crippen molar-refractivity contribution in [3.05, 3.63) is 35.9 Å². The molecule has 0 heterocycles. The molecule has 1 N–H and O–H groups in total. The van der Waals surface area contributed by atoms with E-state index in [4.69, 9.17) is 4.55 Å². The van der Waals surface area contributed by atoms with Crippen molar-refractivity contribution in [2.45, 2.75) is 19.3 Å². The van der Waals surface area contributed by atoms with Crippen LogP contribution < -0.4 is 0 Å². The van der Waals surface area contributed by atoms with Gasteiger partial charge >= 0.3 is 0 Å². The van der Waals surface area contributed by atoms with Gasteiger partial charge in [-0.2, -0.15) is 0 Å². The summed E-state index contributed by atoms with van der Waals surface area (Å²) in [6.07, 6.45) is 0. The van der Waals surface area contributed by atoms with Crippen molar-refractivity contribution in [2.75, 3.05) is 5.75 Å². The fraction of sp³-hybridized carbons (Fsp3) is 0.400. The molecule has 0 aliphatic heterocycles. The molecule has 0 spiro atoms. The first-order chi connectivity index (χ1) is 6.02. The lowest BCUT2D eigenvalue weighted by molar-refractivity contribution is 0.526. The van der Waals surface area contributed by atoms with Crippen LogP contribution in [-0.4, -0.2) is 14.5 Å². The summed E-state index contributed by atoms with van der Waals surface area (Å²) in [7, 11) is 0. The van der Waals surface area contributed by atoms with Crippen LogP contribution in [0.15, 0.2) is 30.3 Å². The Morgan fingerprint density at radius 2 is 1.85 bits per heavy atom. The zero-order valence-electron chi connectivity index (χ0n) is 7.86. The van der Waals surface area contributed by atoms with Gasteiger partial charge in [0.05, 0.1) is 5.75 Å². The van der Waals surface area contributed by atoms with Crippen molar-refractivity contribution in [1.29, 1.82) is 0 Å². The molecule has 1 aromatic rings. The van der Waals surface area contributed by atoms with Gasteiger partial charge in [0.2, 0.25) is 0 Å². The van der Waals surface area contributed by atoms with Crippen molar-refractivity contribution in [1.82, 2.24) is 0 Å². The van der Waals surface area contributed by atoms with Gasteiger partial charge in [-0.25, -0.2) is 4.21 Å². The van der Waals surface area contributed by atoms with Gasteiger partial charge in [-0.05, 0) is 5.56 Å². The Morgan fingerprint density at radius 3 is 2.31 bits per heavy atom. The largest absolute Gasteiger partial charge is 0.306 e. The highest BCUT2D eigenvalue weighted by atomic mass is 32.2. The first-order valence-corrected chi connectivity index (χ1v) is 5.43. The second kappa shape index (κ2) is 4.03. The first kappa shape index (κ1) is 10.4. The number of hydrogen-bond acceptors (Lipinski definition) is 1. The Hall–Kier alpha value is -0.670. The molecule has 0 aliphatic rings. The summed E-state index contributed by atoms with van der Waals surface area (Å²) in [6.45, 7) is 3.94. The molecule has 0 aliphatic carbocycles. The van der Waals surface area contributed by atoms with E-state index in [-0.39, 0.29) is 11.2 Å². The molecule has 13 heavy (non-hydrogen) atoms. The second-order valence-corrected chi connectivity index (χ2v) is 4.65. The molecule has 1 unspecified atom stereocenters. The van der Waals surface area contributed by atoms with E-state index in [1.165, 1.54) is 0 Å². The van der Waals surface area contributed by atoms with Gasteiger partial charge in [-0.15, -0.1) is 0 Å². The lowest BCUT2D eigenvalue weighted by Gasteiger charge is -2.22. The average Bonchev–Trinajstić information content (AvgIpc) is 2.04. The molecule has 0 radical (unpaired) electrons. The van der Waals surface area contributed by atoms with Crippen molar-refractivity contribution < 1.29 is 8.76 Å². The van der Waals surface area contributed by atoms with Crippen LogP contribution in [-0.2, 0) is 16.5 Å². The predicted molar refractivity (Wildman–Crippen MR) is 55.1 cm³/mol. The van der Waals surface area contributed by atoms with Crippen LogP contribution in [0.5, 0.6) is 0 Å². The molecule has 1 aromatic carbocycles. The quantitative estimate of drug-likeness (QED) is 0.756. The third kappa shape index (κ3) is 2.94. The Bertz CT molecular complexity index is 293. The van der Waals surface area contributed by atoms with Gasteiger partial charge in [0, 0.05) is 5.41 Å². The molecule has 2 nitrogen and oxygen atoms in total. The van der Waals surface area contributed by atoms with Gasteiger partial charge in [-0.1, -0.05) is 44.2 Å². The van der Waals surface area contributed by atoms with Crippen LogP contribution in [0, 0.1) is 0 Å². The summed E-state index contributed by atoms with van der Waals surface area (Å²) in [5.41, 5.74) is 0.860. The molecule has 0 saturated heterocycles. The van der Waals surface area contributed by atoms with Gasteiger partial charge in [0.25, 0.3) is 0 Å². The lowest BCUT2D eigenvalue weighted by atomic mass is 9.87. The van der Waals surface area contributed by atoms with Gasteiger partial charge in [0.15, 0.2) is 11.1 Å². The Labute approximate surface area is 81.3 Å². The van der Waals surface area contributed by atoms with Crippen LogP contribution in [0.25, 0.3) is 0 Å². The van der Waals surface area contributed by atoms with E-state index in [2.05, 4.69) is 0 Å². The monoisotopic (exact) mass is 198 g/mol. The van der Waals surface area contributed by atoms with Crippen molar-refractivity contribution >= 4 is 11.1 Å². The zero-order chi connectivity index (χ0) is 9.90. The molecule has 72 valence electrons. The molecule has 0 saturated carbocycles. The number of benzene rings is 1. The highest BCUT2D eigenvalue weighted by molar-refractivity contribution is 7.79. The Balaban J connectivity index is 2.87. The molecule has 0 amide bonds. The normalized spacial score (nSPS) is 14.1. The summed E-state index contributed by atoms with van der Waals surface area (Å²) >= 11 is -1.74. The van der Waals surface area contributed by atoms with Gasteiger partial charge in [0.1, 0.15) is 0 Å². The molecule has 0 aromatic heterocycles. The zero-order valence-corrected chi connectivity index (χ0v) is 8.67. The summed E-state index contributed by atoms with van der Waals surface area (Å²) in [4.78, 5) is 0. The van der Waals surface area contributed by atoms with Crippen LogP contribution in [0.4, 0.5) is 0 Å². The van der Waals surface area contributed by atoms with E-state index in [0.717, 1.165) is 5.56 Å². The van der Waals surface area contributed by atoms with Crippen LogP contribution in [0.2, 0.25) is 0 Å². The maximum atomic E-state index is 10.7. The summed E-state index contributed by atoms with van der Waals surface area (Å²) in [6, 6.07) is 9.78. The first-order valence-electron chi connectivity index (χ1n) is 4.15. The topological polar surface area (TPSA) is 37.3 Å². The number of hydrogen-bond donors (Lipinski definition) is 1. The standard InChI is InChI=1S/C10H14O2S/c1-10(2,8-13(11)12)9-6-4-3-5-7-9/h3-7H,8H2,1-2H3,(H,11,12). The summed E-state index contributed by atoms with van der Waals surface area (Å²) < 4.78 is 19.5. The fourth-order valence-corrected chi connectivity index (χ4v) is 2.07. The van der Waals surface area contributed by atoms with E-state index in [9.17, 15) is 4.21 Å². The third-order valence-corrected chi connectivity index (χ3v) is 3.01. The minimum atomic E-state index is -1.74. The van der Waals surface area contributed by atoms with Gasteiger partial charge in [-0.3, -0.25) is 0 Å². The Morgan fingerprint density at radius 1 is 1.31 bits per heavy atom. The minimum absolute atomic E-state index is 0.235. The van der Waals surface area contributed by atoms with E-state index >= 15 is 0 Å². The second-order valence-electron chi connectivity index (χ2n) is 3.72. The Kier molecular flexibility index (Phi) is 3.22. The van der Waals surface area contributed by atoms with Gasteiger partial charge < -0.3 is 4.55 Å². The van der Waals surface area contributed by atoms with E-state index in [0.29, 0.717) is 0 Å². The predicted octanol–water partition coefficient (Wildman–Crippen LogP) is 2.19. The SMILES string of the molecule is CC(C)(CS(=O)O)c1ccccc1. The van der Waals surface area contributed by atoms with Crippen molar-refractivity contribution in [2.24, 2.45) is 0 Å². The fourth-order valence-electron chi connectivity index (χ4n) is 1.28. The molecule has 0 fully saturated rings. The number of rotatable bonds is 3. The minimum Gasteiger partial charge on any atom is -0.306 e.